The van der Waals surface area contributed by atoms with Gasteiger partial charge in [-0.2, -0.15) is 0 Å². The Hall–Kier alpha value is -7.04. The van der Waals surface area contributed by atoms with Gasteiger partial charge in [-0.15, -0.1) is 0 Å². The smallest absolute Gasteiger partial charge is 0.0783 e. The minimum atomic E-state index is 1.12. The summed E-state index contributed by atoms with van der Waals surface area (Å²) in [5, 5.41) is 4.99. The summed E-state index contributed by atoms with van der Waals surface area (Å²) in [6.07, 6.45) is 0. The van der Waals surface area contributed by atoms with Gasteiger partial charge in [-0.25, -0.2) is 0 Å². The standard InChI is InChI=1S/C48H32N4/c1-5-15-33(16-6-1)49(34-17-7-2-8-18-34)37-27-29-39-41-23-13-26-44-47(41)51(45(39)31-37)43-25-14-24-42-40-30-28-38(32-46(40)52(44)48(42)43)50(35-19-9-3-10-20-35)36-21-11-4-12-22-36/h1-32H. The quantitative estimate of drug-likeness (QED) is 0.164. The second-order valence-corrected chi connectivity index (χ2v) is 13.4. The van der Waals surface area contributed by atoms with Gasteiger partial charge >= 0.3 is 0 Å². The van der Waals surface area contributed by atoms with Crippen LogP contribution in [0.5, 0.6) is 0 Å². The molecule has 4 nitrogen and oxygen atoms in total. The van der Waals surface area contributed by atoms with Crippen LogP contribution in [0.25, 0.3) is 54.6 Å². The molecule has 0 spiro atoms. The number of hydrogen-bond donors (Lipinski definition) is 0. The Morgan fingerprint density at radius 1 is 0.250 bits per heavy atom. The minimum Gasteiger partial charge on any atom is -0.310 e. The molecule has 0 unspecified atom stereocenters. The number of nitrogens with zero attached hydrogens (tertiary/aromatic N) is 4. The number of fused-ring (bicyclic) bond motifs is 8. The molecule has 0 aliphatic heterocycles. The van der Waals surface area contributed by atoms with E-state index in [4.69, 9.17) is 0 Å². The Bertz CT molecular complexity index is 2760. The Kier molecular flexibility index (Phi) is 6.22. The van der Waals surface area contributed by atoms with Crippen molar-refractivity contribution < 1.29 is 0 Å². The van der Waals surface area contributed by atoms with Crippen molar-refractivity contribution in [1.29, 1.82) is 0 Å². The number of aromatic nitrogens is 2. The third kappa shape index (κ3) is 4.15. The van der Waals surface area contributed by atoms with Crippen LogP contribution in [0.2, 0.25) is 0 Å². The molecule has 0 aliphatic carbocycles. The van der Waals surface area contributed by atoms with Crippen LogP contribution in [-0.2, 0) is 0 Å². The van der Waals surface area contributed by atoms with Crippen LogP contribution in [-0.4, -0.2) is 8.80 Å². The molecule has 244 valence electrons. The molecular formula is C48H32N4. The van der Waals surface area contributed by atoms with Gasteiger partial charge in [0.25, 0.3) is 0 Å². The lowest BCUT2D eigenvalue weighted by Crippen LogP contribution is -2.09. The summed E-state index contributed by atoms with van der Waals surface area (Å²) >= 11 is 0. The molecule has 3 aromatic heterocycles. The van der Waals surface area contributed by atoms with E-state index in [2.05, 4.69) is 213 Å². The molecule has 4 heteroatoms. The molecule has 3 heterocycles. The summed E-state index contributed by atoms with van der Waals surface area (Å²) in [6.45, 7) is 0. The van der Waals surface area contributed by atoms with Crippen LogP contribution in [0, 0.1) is 0 Å². The number of hydrogen-bond acceptors (Lipinski definition) is 2. The van der Waals surface area contributed by atoms with E-state index in [1.54, 1.807) is 0 Å². The normalized spacial score (nSPS) is 11.8. The summed E-state index contributed by atoms with van der Waals surface area (Å²) < 4.78 is 5.00. The molecule has 0 saturated heterocycles. The summed E-state index contributed by atoms with van der Waals surface area (Å²) in [7, 11) is 0. The zero-order valence-corrected chi connectivity index (χ0v) is 28.3. The lowest BCUT2D eigenvalue weighted by molar-refractivity contribution is 1.24. The van der Waals surface area contributed by atoms with Gasteiger partial charge in [-0.05, 0) is 84.9 Å². The SMILES string of the molecule is c1ccc(N(c2ccccc2)c2ccc3c4cccc5c4n(c3c2)c2cccc3c4ccc(N(c6ccccc6)c6ccccc6)cc4n5c32)cc1. The molecule has 0 saturated carbocycles. The van der Waals surface area contributed by atoms with E-state index >= 15 is 0 Å². The predicted octanol–water partition coefficient (Wildman–Crippen LogP) is 13.2. The van der Waals surface area contributed by atoms with E-state index in [9.17, 15) is 0 Å². The maximum absolute atomic E-state index is 2.50. The lowest BCUT2D eigenvalue weighted by Gasteiger charge is -2.25. The zero-order valence-electron chi connectivity index (χ0n) is 28.3. The average Bonchev–Trinajstić information content (AvgIpc) is 3.73. The van der Waals surface area contributed by atoms with Crippen molar-refractivity contribution in [1.82, 2.24) is 8.80 Å². The largest absolute Gasteiger partial charge is 0.310 e. The molecule has 52 heavy (non-hydrogen) atoms. The minimum absolute atomic E-state index is 1.12. The van der Waals surface area contributed by atoms with Crippen molar-refractivity contribution in [3.63, 3.8) is 0 Å². The molecular weight excluding hydrogens is 633 g/mol. The van der Waals surface area contributed by atoms with Gasteiger partial charge in [0.15, 0.2) is 0 Å². The first-order chi connectivity index (χ1) is 25.8. The van der Waals surface area contributed by atoms with E-state index < -0.39 is 0 Å². The van der Waals surface area contributed by atoms with Crippen molar-refractivity contribution in [2.24, 2.45) is 0 Å². The number of anilines is 6. The first-order valence-corrected chi connectivity index (χ1v) is 17.8. The second kappa shape index (κ2) is 11.2. The number of rotatable bonds is 6. The molecule has 0 N–H and O–H groups in total. The number of para-hydroxylation sites is 6. The van der Waals surface area contributed by atoms with E-state index in [0.717, 1.165) is 34.1 Å². The first-order valence-electron chi connectivity index (χ1n) is 17.8. The van der Waals surface area contributed by atoms with Crippen LogP contribution in [0.4, 0.5) is 34.1 Å². The molecule has 0 aliphatic rings. The van der Waals surface area contributed by atoms with Crippen molar-refractivity contribution in [2.75, 3.05) is 9.80 Å². The summed E-state index contributed by atoms with van der Waals surface area (Å²) in [6, 6.07) is 70.0. The van der Waals surface area contributed by atoms with Gasteiger partial charge in [-0.3, -0.25) is 0 Å². The van der Waals surface area contributed by atoms with Gasteiger partial charge in [0.05, 0.1) is 33.1 Å². The zero-order chi connectivity index (χ0) is 34.2. The summed E-state index contributed by atoms with van der Waals surface area (Å²) in [5.41, 5.74) is 14.0. The average molecular weight is 665 g/mol. The molecule has 0 amide bonds. The highest BCUT2D eigenvalue weighted by molar-refractivity contribution is 6.22. The molecule has 0 bridgehead atoms. The van der Waals surface area contributed by atoms with Gasteiger partial charge in [0.2, 0.25) is 0 Å². The van der Waals surface area contributed by atoms with Crippen LogP contribution >= 0.6 is 0 Å². The Labute approximate surface area is 300 Å². The van der Waals surface area contributed by atoms with Crippen LogP contribution in [0.3, 0.4) is 0 Å². The first kappa shape index (κ1) is 28.8. The molecule has 0 atom stereocenters. The highest BCUT2D eigenvalue weighted by Gasteiger charge is 2.23. The third-order valence-corrected chi connectivity index (χ3v) is 10.6. The maximum Gasteiger partial charge on any atom is 0.0783 e. The van der Waals surface area contributed by atoms with Crippen molar-refractivity contribution >= 4 is 88.8 Å². The van der Waals surface area contributed by atoms with E-state index in [1.807, 2.05) is 0 Å². The van der Waals surface area contributed by atoms with Crippen molar-refractivity contribution in [3.8, 4) is 0 Å². The van der Waals surface area contributed by atoms with Crippen molar-refractivity contribution in [2.45, 2.75) is 0 Å². The molecule has 0 radical (unpaired) electrons. The summed E-state index contributed by atoms with van der Waals surface area (Å²) in [4.78, 5) is 4.69. The molecule has 11 aromatic rings. The molecule has 0 fully saturated rings. The number of benzene rings is 8. The fraction of sp³-hybridized carbons (Fsp3) is 0. The van der Waals surface area contributed by atoms with Gasteiger partial charge < -0.3 is 18.6 Å². The highest BCUT2D eigenvalue weighted by Crippen LogP contribution is 2.44. The van der Waals surface area contributed by atoms with Crippen LogP contribution in [0.1, 0.15) is 0 Å². The van der Waals surface area contributed by atoms with E-state index in [0.29, 0.717) is 0 Å². The molecule has 11 rings (SSSR count). The monoisotopic (exact) mass is 664 g/mol. The van der Waals surface area contributed by atoms with Crippen LogP contribution in [0.15, 0.2) is 194 Å². The molecule has 8 aromatic carbocycles. The second-order valence-electron chi connectivity index (χ2n) is 13.4. The van der Waals surface area contributed by atoms with E-state index in [1.165, 1.54) is 54.6 Å². The van der Waals surface area contributed by atoms with E-state index in [-0.39, 0.29) is 0 Å². The predicted molar refractivity (Wildman–Crippen MR) is 219 cm³/mol. The lowest BCUT2D eigenvalue weighted by atomic mass is 10.1. The van der Waals surface area contributed by atoms with Gasteiger partial charge in [-0.1, -0.05) is 109 Å². The van der Waals surface area contributed by atoms with Gasteiger partial charge in [0.1, 0.15) is 0 Å². The fourth-order valence-electron chi connectivity index (χ4n) is 8.42. The Morgan fingerprint density at radius 3 is 0.942 bits per heavy atom. The van der Waals surface area contributed by atoms with Crippen molar-refractivity contribution in [3.05, 3.63) is 194 Å². The highest BCUT2D eigenvalue weighted by atomic mass is 15.2. The Balaban J connectivity index is 1.21. The van der Waals surface area contributed by atoms with Crippen LogP contribution < -0.4 is 9.80 Å². The third-order valence-electron chi connectivity index (χ3n) is 10.6. The van der Waals surface area contributed by atoms with Gasteiger partial charge in [0, 0.05) is 55.7 Å². The Morgan fingerprint density at radius 2 is 0.596 bits per heavy atom. The maximum atomic E-state index is 2.50. The topological polar surface area (TPSA) is 15.3 Å². The summed E-state index contributed by atoms with van der Waals surface area (Å²) in [5.74, 6) is 0. The fourth-order valence-corrected chi connectivity index (χ4v) is 8.42.